The molecule has 2 aromatic rings. The summed E-state index contributed by atoms with van der Waals surface area (Å²) < 4.78 is 2.22. The van der Waals surface area contributed by atoms with E-state index in [0.717, 1.165) is 29.7 Å². The van der Waals surface area contributed by atoms with Crippen molar-refractivity contribution in [1.82, 2.24) is 14.9 Å². The van der Waals surface area contributed by atoms with Crippen molar-refractivity contribution >= 4 is 16.9 Å². The number of benzene rings is 1. The van der Waals surface area contributed by atoms with E-state index in [1.165, 1.54) is 19.3 Å². The number of hydrogen-bond acceptors (Lipinski definition) is 3. The molecule has 140 valence electrons. The number of fused-ring (bicyclic) bond motifs is 3. The van der Waals surface area contributed by atoms with Crippen LogP contribution in [0.4, 0.5) is 0 Å². The second-order valence-corrected chi connectivity index (χ2v) is 8.40. The van der Waals surface area contributed by atoms with E-state index in [9.17, 15) is 4.79 Å². The van der Waals surface area contributed by atoms with Crippen molar-refractivity contribution in [2.45, 2.75) is 64.6 Å². The topological polar surface area (TPSA) is 72.9 Å². The summed E-state index contributed by atoms with van der Waals surface area (Å²) in [5.74, 6) is 2.28. The molecule has 0 aliphatic heterocycles. The molecule has 1 amide bonds. The summed E-state index contributed by atoms with van der Waals surface area (Å²) in [5.41, 5.74) is 8.48. The van der Waals surface area contributed by atoms with Gasteiger partial charge in [-0.25, -0.2) is 4.98 Å². The molecule has 4 rings (SSSR count). The van der Waals surface area contributed by atoms with Gasteiger partial charge in [-0.05, 0) is 63.5 Å². The molecule has 0 radical (unpaired) electrons. The predicted octanol–water partition coefficient (Wildman–Crippen LogP) is 3.39. The molecule has 0 saturated heterocycles. The maximum atomic E-state index is 12.8. The highest BCUT2D eigenvalue weighted by Gasteiger charge is 2.40. The maximum Gasteiger partial charge on any atom is 0.223 e. The monoisotopic (exact) mass is 354 g/mol. The van der Waals surface area contributed by atoms with Crippen molar-refractivity contribution in [1.29, 1.82) is 0 Å². The van der Waals surface area contributed by atoms with Crippen molar-refractivity contribution in [3.05, 3.63) is 30.1 Å². The van der Waals surface area contributed by atoms with Crippen LogP contribution in [0.1, 0.15) is 57.8 Å². The van der Waals surface area contributed by atoms with Gasteiger partial charge in [0.15, 0.2) is 0 Å². The highest BCUT2D eigenvalue weighted by molar-refractivity contribution is 5.79. The first-order valence-corrected chi connectivity index (χ1v) is 10.0. The van der Waals surface area contributed by atoms with Crippen LogP contribution in [0.15, 0.2) is 24.3 Å². The van der Waals surface area contributed by atoms with Gasteiger partial charge in [0.05, 0.1) is 17.6 Å². The molecular formula is C21H30N4O. The quantitative estimate of drug-likeness (QED) is 0.884. The van der Waals surface area contributed by atoms with Crippen LogP contribution in [0.3, 0.4) is 0 Å². The number of carbonyl (C=O) groups is 1. The number of para-hydroxylation sites is 2. The van der Waals surface area contributed by atoms with Crippen LogP contribution in [-0.4, -0.2) is 21.5 Å². The van der Waals surface area contributed by atoms with E-state index in [4.69, 9.17) is 10.7 Å². The van der Waals surface area contributed by atoms with Gasteiger partial charge in [0, 0.05) is 18.0 Å². The highest BCUT2D eigenvalue weighted by Crippen LogP contribution is 2.41. The number of rotatable bonds is 4. The molecule has 2 unspecified atom stereocenters. The lowest BCUT2D eigenvalue weighted by molar-refractivity contribution is -0.128. The molecule has 2 saturated carbocycles. The average molecular weight is 354 g/mol. The van der Waals surface area contributed by atoms with Crippen LogP contribution >= 0.6 is 0 Å². The van der Waals surface area contributed by atoms with Gasteiger partial charge in [-0.15, -0.1) is 0 Å². The molecule has 3 N–H and O–H groups in total. The normalized spacial score (nSPS) is 28.5. The molecule has 2 aliphatic carbocycles. The fourth-order valence-corrected chi connectivity index (χ4v) is 5.11. The van der Waals surface area contributed by atoms with Crippen LogP contribution in [0.25, 0.3) is 11.0 Å². The highest BCUT2D eigenvalue weighted by atomic mass is 16.1. The Morgan fingerprint density at radius 2 is 1.96 bits per heavy atom. The summed E-state index contributed by atoms with van der Waals surface area (Å²) in [7, 11) is 0. The Morgan fingerprint density at radius 3 is 2.65 bits per heavy atom. The Balaban J connectivity index is 1.47. The third-order valence-electron chi connectivity index (χ3n) is 6.39. The molecule has 1 aromatic heterocycles. The Kier molecular flexibility index (Phi) is 4.74. The predicted molar refractivity (Wildman–Crippen MR) is 103 cm³/mol. The number of imidazole rings is 1. The number of hydrogen-bond donors (Lipinski definition) is 2. The maximum absolute atomic E-state index is 12.8. The van der Waals surface area contributed by atoms with Crippen LogP contribution in [0.5, 0.6) is 0 Å². The number of aromatic nitrogens is 2. The lowest BCUT2D eigenvalue weighted by Crippen LogP contribution is -2.49. The molecule has 26 heavy (non-hydrogen) atoms. The van der Waals surface area contributed by atoms with E-state index in [1.807, 2.05) is 18.2 Å². The fraction of sp³-hybridized carbons (Fsp3) is 0.619. The van der Waals surface area contributed by atoms with Crippen molar-refractivity contribution in [2.24, 2.45) is 23.5 Å². The van der Waals surface area contributed by atoms with E-state index in [1.54, 1.807) is 0 Å². The number of nitrogens with two attached hydrogens (primary N) is 1. The molecule has 1 heterocycles. The number of amides is 1. The van der Waals surface area contributed by atoms with Crippen LogP contribution in [0, 0.1) is 17.8 Å². The largest absolute Gasteiger partial charge is 0.349 e. The van der Waals surface area contributed by atoms with Gasteiger partial charge >= 0.3 is 0 Å². The van der Waals surface area contributed by atoms with Crippen LogP contribution in [0.2, 0.25) is 0 Å². The standard InChI is InChI=1S/C21H30N4O/c1-13(2)25-18-9-4-3-8-17(18)24-19(25)12-23-21(26)16-10-14-6-5-7-15(11-16)20(14)22/h3-4,8-9,13-16,20H,5-7,10-12,22H2,1-2H3,(H,23,26). The zero-order valence-electron chi connectivity index (χ0n) is 15.8. The summed E-state index contributed by atoms with van der Waals surface area (Å²) in [6, 6.07) is 8.78. The molecule has 2 aliphatic rings. The van der Waals surface area contributed by atoms with E-state index >= 15 is 0 Å². The molecule has 1 aromatic carbocycles. The SMILES string of the molecule is CC(C)n1c(CNC(=O)C2CC3CCCC(C2)C3N)nc2ccccc21. The Hall–Kier alpha value is -1.88. The number of carbonyl (C=O) groups excluding carboxylic acids is 1. The molecule has 5 heteroatoms. The van der Waals surface area contributed by atoms with Gasteiger partial charge in [-0.1, -0.05) is 18.6 Å². The summed E-state index contributed by atoms with van der Waals surface area (Å²) in [5, 5.41) is 3.17. The molecule has 2 atom stereocenters. The first-order valence-electron chi connectivity index (χ1n) is 10.0. The lowest BCUT2D eigenvalue weighted by atomic mass is 9.65. The zero-order chi connectivity index (χ0) is 18.3. The molecule has 2 bridgehead atoms. The van der Waals surface area contributed by atoms with E-state index in [0.29, 0.717) is 30.5 Å². The molecule has 2 fully saturated rings. The Bertz CT molecular complexity index is 782. The summed E-state index contributed by atoms with van der Waals surface area (Å²) >= 11 is 0. The molecular weight excluding hydrogens is 324 g/mol. The minimum Gasteiger partial charge on any atom is -0.349 e. The minimum atomic E-state index is 0.113. The molecule has 5 nitrogen and oxygen atoms in total. The van der Waals surface area contributed by atoms with Gasteiger partial charge < -0.3 is 15.6 Å². The van der Waals surface area contributed by atoms with E-state index in [-0.39, 0.29) is 11.8 Å². The fourth-order valence-electron chi connectivity index (χ4n) is 5.11. The van der Waals surface area contributed by atoms with Gasteiger partial charge in [-0.2, -0.15) is 0 Å². The third kappa shape index (κ3) is 3.13. The van der Waals surface area contributed by atoms with Crippen LogP contribution < -0.4 is 11.1 Å². The van der Waals surface area contributed by atoms with Crippen molar-refractivity contribution < 1.29 is 4.79 Å². The summed E-state index contributed by atoms with van der Waals surface area (Å²) in [6.07, 6.45) is 5.54. The Labute approximate surface area is 155 Å². The Morgan fingerprint density at radius 1 is 1.27 bits per heavy atom. The van der Waals surface area contributed by atoms with Gasteiger partial charge in [0.25, 0.3) is 0 Å². The summed E-state index contributed by atoms with van der Waals surface area (Å²) in [6.45, 7) is 4.80. The first kappa shape index (κ1) is 17.5. The van der Waals surface area contributed by atoms with Crippen LogP contribution in [-0.2, 0) is 11.3 Å². The van der Waals surface area contributed by atoms with Crippen molar-refractivity contribution in [3.63, 3.8) is 0 Å². The number of nitrogens with one attached hydrogen (secondary N) is 1. The van der Waals surface area contributed by atoms with Crippen molar-refractivity contribution in [2.75, 3.05) is 0 Å². The number of nitrogens with zero attached hydrogens (tertiary/aromatic N) is 2. The molecule has 0 spiro atoms. The lowest BCUT2D eigenvalue weighted by Gasteiger charge is -2.43. The zero-order valence-corrected chi connectivity index (χ0v) is 15.8. The van der Waals surface area contributed by atoms with Crippen molar-refractivity contribution in [3.8, 4) is 0 Å². The first-order chi connectivity index (χ1) is 12.5. The smallest absolute Gasteiger partial charge is 0.223 e. The van der Waals surface area contributed by atoms with Gasteiger partial charge in [0.1, 0.15) is 5.82 Å². The minimum absolute atomic E-state index is 0.113. The van der Waals surface area contributed by atoms with Gasteiger partial charge in [-0.3, -0.25) is 4.79 Å². The summed E-state index contributed by atoms with van der Waals surface area (Å²) in [4.78, 5) is 17.6. The van der Waals surface area contributed by atoms with E-state index in [2.05, 4.69) is 29.8 Å². The van der Waals surface area contributed by atoms with E-state index < -0.39 is 0 Å². The second kappa shape index (κ2) is 7.03. The average Bonchev–Trinajstić information content (AvgIpc) is 2.98. The third-order valence-corrected chi connectivity index (χ3v) is 6.39. The second-order valence-electron chi connectivity index (χ2n) is 8.40. The van der Waals surface area contributed by atoms with Gasteiger partial charge in [0.2, 0.25) is 5.91 Å².